The summed E-state index contributed by atoms with van der Waals surface area (Å²) in [5.41, 5.74) is 6.29. The number of hydrogen-bond acceptors (Lipinski definition) is 6. The van der Waals surface area contributed by atoms with Crippen LogP contribution in [-0.4, -0.2) is 19.2 Å². The number of carbonyl (C=O) groups excluding carboxylic acids is 2. The summed E-state index contributed by atoms with van der Waals surface area (Å²) in [5.74, 6) is 1.78. The van der Waals surface area contributed by atoms with Gasteiger partial charge < -0.3 is 18.9 Å². The summed E-state index contributed by atoms with van der Waals surface area (Å²) >= 11 is 0. The molecule has 6 rings (SSSR count). The second kappa shape index (κ2) is 14.9. The SMILES string of the molecule is COc1ccc(/C(=C\c2ccccc2)c2ccc(OC(=O)Oc3ccc(C4(c5ccc(OC(C)=O)cc5)CCCCC4)cc3)cc2)cc1. The summed E-state index contributed by atoms with van der Waals surface area (Å²) in [5, 5.41) is 0. The number of carbonyl (C=O) groups is 2. The Morgan fingerprint density at radius 2 is 1.02 bits per heavy atom. The second-order valence-corrected chi connectivity index (χ2v) is 12.0. The van der Waals surface area contributed by atoms with Crippen LogP contribution in [0.5, 0.6) is 23.0 Å². The molecule has 0 spiro atoms. The normalized spacial score (nSPS) is 14.1. The van der Waals surface area contributed by atoms with Gasteiger partial charge in [0, 0.05) is 12.3 Å². The quantitative estimate of drug-likeness (QED) is 0.0693. The fourth-order valence-electron chi connectivity index (χ4n) is 6.48. The third kappa shape index (κ3) is 7.67. The van der Waals surface area contributed by atoms with Gasteiger partial charge in [-0.2, -0.15) is 0 Å². The molecule has 0 N–H and O–H groups in total. The maximum Gasteiger partial charge on any atom is 0.519 e. The van der Waals surface area contributed by atoms with Crippen LogP contribution in [0.2, 0.25) is 0 Å². The van der Waals surface area contributed by atoms with Gasteiger partial charge in [0.1, 0.15) is 23.0 Å². The highest BCUT2D eigenvalue weighted by molar-refractivity contribution is 5.91. The lowest BCUT2D eigenvalue weighted by atomic mass is 9.65. The molecular formula is C42H38O6. The summed E-state index contributed by atoms with van der Waals surface area (Å²) in [4.78, 5) is 24.2. The average molecular weight is 639 g/mol. The van der Waals surface area contributed by atoms with E-state index >= 15 is 0 Å². The molecule has 0 radical (unpaired) electrons. The van der Waals surface area contributed by atoms with E-state index < -0.39 is 6.16 Å². The molecule has 0 unspecified atom stereocenters. The van der Waals surface area contributed by atoms with E-state index in [2.05, 4.69) is 18.2 Å². The van der Waals surface area contributed by atoms with E-state index in [9.17, 15) is 9.59 Å². The zero-order valence-electron chi connectivity index (χ0n) is 27.2. The molecule has 0 heterocycles. The van der Waals surface area contributed by atoms with E-state index in [-0.39, 0.29) is 11.4 Å². The molecule has 1 aliphatic carbocycles. The van der Waals surface area contributed by atoms with Gasteiger partial charge in [-0.25, -0.2) is 4.79 Å². The maximum absolute atomic E-state index is 12.8. The molecular weight excluding hydrogens is 600 g/mol. The highest BCUT2D eigenvalue weighted by Crippen LogP contribution is 2.45. The third-order valence-electron chi connectivity index (χ3n) is 8.86. The van der Waals surface area contributed by atoms with E-state index in [1.807, 2.05) is 103 Å². The molecule has 0 saturated heterocycles. The Labute approximate surface area is 281 Å². The van der Waals surface area contributed by atoms with Crippen molar-refractivity contribution in [1.29, 1.82) is 0 Å². The highest BCUT2D eigenvalue weighted by atomic mass is 16.7. The van der Waals surface area contributed by atoms with E-state index in [0.29, 0.717) is 17.2 Å². The Bertz CT molecular complexity index is 1850. The first-order valence-corrected chi connectivity index (χ1v) is 16.2. The monoisotopic (exact) mass is 638 g/mol. The van der Waals surface area contributed by atoms with Crippen molar-refractivity contribution in [3.05, 3.63) is 155 Å². The summed E-state index contributed by atoms with van der Waals surface area (Å²) in [6.07, 6.45) is 6.80. The first-order valence-electron chi connectivity index (χ1n) is 16.2. The van der Waals surface area contributed by atoms with Crippen molar-refractivity contribution < 1.29 is 28.5 Å². The molecule has 242 valence electrons. The van der Waals surface area contributed by atoms with E-state index in [1.54, 1.807) is 19.2 Å². The van der Waals surface area contributed by atoms with Crippen molar-refractivity contribution >= 4 is 23.8 Å². The minimum Gasteiger partial charge on any atom is -0.497 e. The molecule has 1 aliphatic rings. The van der Waals surface area contributed by atoms with Crippen LogP contribution in [0.3, 0.4) is 0 Å². The first kappa shape index (κ1) is 32.3. The van der Waals surface area contributed by atoms with E-state index in [0.717, 1.165) is 59.3 Å². The molecule has 5 aromatic carbocycles. The first-order chi connectivity index (χ1) is 23.4. The average Bonchev–Trinajstić information content (AvgIpc) is 3.12. The van der Waals surface area contributed by atoms with Crippen LogP contribution >= 0.6 is 0 Å². The Balaban J connectivity index is 1.15. The van der Waals surface area contributed by atoms with E-state index in [4.69, 9.17) is 18.9 Å². The van der Waals surface area contributed by atoms with Crippen LogP contribution in [0.4, 0.5) is 4.79 Å². The summed E-state index contributed by atoms with van der Waals surface area (Å²) in [7, 11) is 1.65. The van der Waals surface area contributed by atoms with Gasteiger partial charge in [0.25, 0.3) is 0 Å². The molecule has 5 aromatic rings. The highest BCUT2D eigenvalue weighted by Gasteiger charge is 2.35. The lowest BCUT2D eigenvalue weighted by Gasteiger charge is -2.38. The Hall–Kier alpha value is -5.62. The summed E-state index contributed by atoms with van der Waals surface area (Å²) < 4.78 is 21.7. The predicted octanol–water partition coefficient (Wildman–Crippen LogP) is 10.0. The van der Waals surface area contributed by atoms with Crippen molar-refractivity contribution in [2.75, 3.05) is 7.11 Å². The minimum atomic E-state index is -0.806. The zero-order chi connectivity index (χ0) is 33.3. The molecule has 6 nitrogen and oxygen atoms in total. The standard InChI is InChI=1S/C42H38O6/c1-30(43)46-37-23-15-34(16-24-37)42(27-7-4-8-28-42)35-17-25-39(26-18-35)48-41(44)47-38-21-13-33(14-22-38)40(29-31-9-5-3-6-10-31)32-11-19-36(45-2)20-12-32/h3,5-6,9-26,29H,4,7-8,27-28H2,1-2H3/b40-29+. The number of methoxy groups -OCH3 is 1. The molecule has 1 fully saturated rings. The van der Waals surface area contributed by atoms with Crippen LogP contribution in [0.1, 0.15) is 66.8 Å². The van der Waals surface area contributed by atoms with Crippen LogP contribution < -0.4 is 18.9 Å². The van der Waals surface area contributed by atoms with Crippen molar-refractivity contribution in [2.45, 2.75) is 44.4 Å². The van der Waals surface area contributed by atoms with Gasteiger partial charge in [-0.3, -0.25) is 4.79 Å². The van der Waals surface area contributed by atoms with Crippen LogP contribution in [0, 0.1) is 0 Å². The van der Waals surface area contributed by atoms with Crippen molar-refractivity contribution in [2.24, 2.45) is 0 Å². The molecule has 0 aromatic heterocycles. The van der Waals surface area contributed by atoms with Gasteiger partial charge >= 0.3 is 12.1 Å². The summed E-state index contributed by atoms with van der Waals surface area (Å²) in [6, 6.07) is 40.9. The Morgan fingerprint density at radius 3 is 1.50 bits per heavy atom. The number of benzene rings is 5. The molecule has 0 amide bonds. The lowest BCUT2D eigenvalue weighted by Crippen LogP contribution is -2.30. The van der Waals surface area contributed by atoms with Crippen molar-refractivity contribution in [3.8, 4) is 23.0 Å². The smallest absolute Gasteiger partial charge is 0.497 e. The number of esters is 1. The van der Waals surface area contributed by atoms with Gasteiger partial charge in [-0.15, -0.1) is 0 Å². The predicted molar refractivity (Wildman–Crippen MR) is 188 cm³/mol. The Kier molecular flexibility index (Phi) is 10.0. The molecule has 0 aliphatic heterocycles. The van der Waals surface area contributed by atoms with Crippen LogP contribution in [-0.2, 0) is 10.2 Å². The lowest BCUT2D eigenvalue weighted by molar-refractivity contribution is -0.131. The van der Waals surface area contributed by atoms with Gasteiger partial charge in [0.05, 0.1) is 7.11 Å². The molecule has 1 saturated carbocycles. The van der Waals surface area contributed by atoms with Gasteiger partial charge in [0.15, 0.2) is 0 Å². The molecule has 0 bridgehead atoms. The maximum atomic E-state index is 12.8. The molecule has 6 heteroatoms. The number of hydrogen-bond donors (Lipinski definition) is 0. The number of ether oxygens (including phenoxy) is 4. The molecule has 48 heavy (non-hydrogen) atoms. The van der Waals surface area contributed by atoms with Gasteiger partial charge in [0.2, 0.25) is 0 Å². The van der Waals surface area contributed by atoms with E-state index in [1.165, 1.54) is 18.9 Å². The van der Waals surface area contributed by atoms with Crippen LogP contribution in [0.15, 0.2) is 127 Å². The fraction of sp³-hybridized carbons (Fsp3) is 0.190. The molecule has 0 atom stereocenters. The van der Waals surface area contributed by atoms with Crippen LogP contribution in [0.25, 0.3) is 11.6 Å². The fourth-order valence-corrected chi connectivity index (χ4v) is 6.48. The van der Waals surface area contributed by atoms with Crippen molar-refractivity contribution in [3.63, 3.8) is 0 Å². The topological polar surface area (TPSA) is 71.1 Å². The third-order valence-corrected chi connectivity index (χ3v) is 8.86. The largest absolute Gasteiger partial charge is 0.519 e. The van der Waals surface area contributed by atoms with Gasteiger partial charge in [-0.05, 0) is 101 Å². The summed E-state index contributed by atoms with van der Waals surface area (Å²) in [6.45, 7) is 1.40. The van der Waals surface area contributed by atoms with Gasteiger partial charge in [-0.1, -0.05) is 98.1 Å². The second-order valence-electron chi connectivity index (χ2n) is 12.0. The Morgan fingerprint density at radius 1 is 0.562 bits per heavy atom. The van der Waals surface area contributed by atoms with Crippen molar-refractivity contribution in [1.82, 2.24) is 0 Å². The zero-order valence-corrected chi connectivity index (χ0v) is 27.2. The number of rotatable bonds is 9. The minimum absolute atomic E-state index is 0.159.